The Balaban J connectivity index is 1.65. The maximum Gasteiger partial charge on any atom is 0.229 e. The summed E-state index contributed by atoms with van der Waals surface area (Å²) in [7, 11) is 0. The summed E-state index contributed by atoms with van der Waals surface area (Å²) in [5.41, 5.74) is 4.01. The normalized spacial score (nSPS) is 17.2. The molecular weight excluding hydrogens is 312 g/mol. The third kappa shape index (κ3) is 3.90. The van der Waals surface area contributed by atoms with E-state index in [1.54, 1.807) is 4.90 Å². The van der Waals surface area contributed by atoms with Crippen molar-refractivity contribution in [3.63, 3.8) is 0 Å². The minimum Gasteiger partial charge on any atom is -0.326 e. The first kappa shape index (κ1) is 17.2. The quantitative estimate of drug-likeness (QED) is 0.913. The first-order valence-corrected chi connectivity index (χ1v) is 8.72. The molecule has 4 heteroatoms. The van der Waals surface area contributed by atoms with Gasteiger partial charge in [-0.05, 0) is 42.7 Å². The zero-order chi connectivity index (χ0) is 18.0. The van der Waals surface area contributed by atoms with Crippen molar-refractivity contribution in [1.29, 1.82) is 0 Å². The molecule has 0 unspecified atom stereocenters. The average molecular weight is 336 g/mol. The van der Waals surface area contributed by atoms with E-state index in [1.807, 2.05) is 55.5 Å². The van der Waals surface area contributed by atoms with E-state index >= 15 is 0 Å². The van der Waals surface area contributed by atoms with Gasteiger partial charge in [-0.25, -0.2) is 0 Å². The number of rotatable bonds is 4. The number of anilines is 2. The Morgan fingerprint density at radius 2 is 1.72 bits per heavy atom. The molecule has 130 valence electrons. The summed E-state index contributed by atoms with van der Waals surface area (Å²) >= 11 is 0. The predicted octanol–water partition coefficient (Wildman–Crippen LogP) is 4.11. The lowest BCUT2D eigenvalue weighted by atomic mass is 10.0. The maximum atomic E-state index is 12.5. The fourth-order valence-corrected chi connectivity index (χ4v) is 3.05. The number of amides is 2. The molecule has 3 rings (SSSR count). The average Bonchev–Trinajstić information content (AvgIpc) is 2.98. The summed E-state index contributed by atoms with van der Waals surface area (Å²) in [5.74, 6) is 0.0401. The van der Waals surface area contributed by atoms with Crippen LogP contribution < -0.4 is 10.2 Å². The molecule has 0 aromatic heterocycles. The van der Waals surface area contributed by atoms with E-state index in [9.17, 15) is 9.59 Å². The summed E-state index contributed by atoms with van der Waals surface area (Å²) in [6.45, 7) is 6.71. The number of benzene rings is 2. The Kier molecular flexibility index (Phi) is 4.88. The highest BCUT2D eigenvalue weighted by molar-refractivity contribution is 6.03. The molecule has 2 amide bonds. The lowest BCUT2D eigenvalue weighted by Crippen LogP contribution is -2.28. The molecule has 1 aliphatic heterocycles. The van der Waals surface area contributed by atoms with Crippen LogP contribution in [0.2, 0.25) is 0 Å². The number of aryl methyl sites for hydroxylation is 1. The monoisotopic (exact) mass is 336 g/mol. The van der Waals surface area contributed by atoms with Gasteiger partial charge in [0.2, 0.25) is 11.8 Å². The third-order valence-electron chi connectivity index (χ3n) is 4.69. The zero-order valence-electron chi connectivity index (χ0n) is 15.0. The number of hydrogen-bond donors (Lipinski definition) is 1. The molecule has 1 fully saturated rings. The summed E-state index contributed by atoms with van der Waals surface area (Å²) in [6.07, 6.45) is 0.254. The first-order valence-electron chi connectivity index (χ1n) is 8.72. The van der Waals surface area contributed by atoms with Crippen molar-refractivity contribution in [3.8, 4) is 0 Å². The number of carbonyl (C=O) groups is 2. The molecule has 0 spiro atoms. The van der Waals surface area contributed by atoms with Crippen LogP contribution in [-0.2, 0) is 9.59 Å². The smallest absolute Gasteiger partial charge is 0.229 e. The second-order valence-electron chi connectivity index (χ2n) is 7.01. The second-order valence-corrected chi connectivity index (χ2v) is 7.01. The molecule has 1 atom stereocenters. The third-order valence-corrected chi connectivity index (χ3v) is 4.69. The Labute approximate surface area is 148 Å². The Morgan fingerprint density at radius 1 is 1.08 bits per heavy atom. The van der Waals surface area contributed by atoms with Crippen LogP contribution in [-0.4, -0.2) is 18.4 Å². The fourth-order valence-electron chi connectivity index (χ4n) is 3.05. The zero-order valence-corrected chi connectivity index (χ0v) is 15.0. The van der Waals surface area contributed by atoms with Gasteiger partial charge in [-0.15, -0.1) is 0 Å². The van der Waals surface area contributed by atoms with Gasteiger partial charge in [-0.2, -0.15) is 0 Å². The van der Waals surface area contributed by atoms with Crippen molar-refractivity contribution in [1.82, 2.24) is 0 Å². The summed E-state index contributed by atoms with van der Waals surface area (Å²) in [5, 5.41) is 2.93. The lowest BCUT2D eigenvalue weighted by Gasteiger charge is -2.17. The minimum atomic E-state index is -0.321. The minimum absolute atomic E-state index is 0.000779. The highest BCUT2D eigenvalue weighted by atomic mass is 16.2. The largest absolute Gasteiger partial charge is 0.326 e. The van der Waals surface area contributed by atoms with Crippen LogP contribution in [0.4, 0.5) is 11.4 Å². The van der Waals surface area contributed by atoms with Crippen molar-refractivity contribution in [2.24, 2.45) is 5.92 Å². The molecule has 2 aromatic carbocycles. The van der Waals surface area contributed by atoms with Gasteiger partial charge in [0.1, 0.15) is 0 Å². The highest BCUT2D eigenvalue weighted by Gasteiger charge is 2.35. The van der Waals surface area contributed by atoms with Crippen LogP contribution in [0.1, 0.15) is 37.3 Å². The first-order chi connectivity index (χ1) is 11.9. The highest BCUT2D eigenvalue weighted by Crippen LogP contribution is 2.26. The topological polar surface area (TPSA) is 49.4 Å². The summed E-state index contributed by atoms with van der Waals surface area (Å²) in [4.78, 5) is 26.5. The number of hydrogen-bond acceptors (Lipinski definition) is 2. The van der Waals surface area contributed by atoms with Gasteiger partial charge < -0.3 is 10.2 Å². The van der Waals surface area contributed by atoms with Gasteiger partial charge in [-0.1, -0.05) is 43.7 Å². The van der Waals surface area contributed by atoms with Gasteiger partial charge in [0.25, 0.3) is 0 Å². The van der Waals surface area contributed by atoms with E-state index in [4.69, 9.17) is 0 Å². The standard InChI is InChI=1S/C21H24N2O2/c1-14(2)16-6-8-18(9-7-16)22-21(25)17-12-20(24)23(13-17)19-10-4-15(3)5-11-19/h4-11,14,17H,12-13H2,1-3H3,(H,22,25)/t17-/m0/s1. The molecule has 0 aliphatic carbocycles. The molecular formula is C21H24N2O2. The van der Waals surface area contributed by atoms with Gasteiger partial charge in [0.05, 0.1) is 5.92 Å². The summed E-state index contributed by atoms with van der Waals surface area (Å²) in [6, 6.07) is 15.7. The molecule has 0 radical (unpaired) electrons. The molecule has 1 aliphatic rings. The second kappa shape index (κ2) is 7.09. The number of nitrogens with zero attached hydrogens (tertiary/aromatic N) is 1. The summed E-state index contributed by atoms with van der Waals surface area (Å²) < 4.78 is 0. The van der Waals surface area contributed by atoms with Gasteiger partial charge in [0, 0.05) is 24.3 Å². The van der Waals surface area contributed by atoms with Crippen LogP contribution in [0.3, 0.4) is 0 Å². The van der Waals surface area contributed by atoms with Crippen molar-refractivity contribution < 1.29 is 9.59 Å². The van der Waals surface area contributed by atoms with Crippen molar-refractivity contribution >= 4 is 23.2 Å². The molecule has 4 nitrogen and oxygen atoms in total. The Morgan fingerprint density at radius 3 is 2.32 bits per heavy atom. The van der Waals surface area contributed by atoms with Gasteiger partial charge >= 0.3 is 0 Å². The lowest BCUT2D eigenvalue weighted by molar-refractivity contribution is -0.122. The van der Waals surface area contributed by atoms with E-state index in [0.29, 0.717) is 12.5 Å². The van der Waals surface area contributed by atoms with Crippen molar-refractivity contribution in [2.75, 3.05) is 16.8 Å². The molecule has 1 saturated heterocycles. The number of nitrogens with one attached hydrogen (secondary N) is 1. The van der Waals surface area contributed by atoms with Crippen LogP contribution in [0.25, 0.3) is 0 Å². The molecule has 1 heterocycles. The molecule has 1 N–H and O–H groups in total. The van der Waals surface area contributed by atoms with E-state index < -0.39 is 0 Å². The van der Waals surface area contributed by atoms with Gasteiger partial charge in [0.15, 0.2) is 0 Å². The van der Waals surface area contributed by atoms with Crippen molar-refractivity contribution in [2.45, 2.75) is 33.1 Å². The van der Waals surface area contributed by atoms with Crippen LogP contribution in [0.5, 0.6) is 0 Å². The molecule has 25 heavy (non-hydrogen) atoms. The fraction of sp³-hybridized carbons (Fsp3) is 0.333. The van der Waals surface area contributed by atoms with Gasteiger partial charge in [-0.3, -0.25) is 9.59 Å². The van der Waals surface area contributed by atoms with E-state index in [2.05, 4.69) is 19.2 Å². The van der Waals surface area contributed by atoms with E-state index in [1.165, 1.54) is 5.56 Å². The van der Waals surface area contributed by atoms with E-state index in [-0.39, 0.29) is 24.2 Å². The van der Waals surface area contributed by atoms with Crippen LogP contribution in [0, 0.1) is 12.8 Å². The Bertz CT molecular complexity index is 763. The molecule has 0 saturated carbocycles. The maximum absolute atomic E-state index is 12.5. The molecule has 0 bridgehead atoms. The number of carbonyl (C=O) groups excluding carboxylic acids is 2. The van der Waals surface area contributed by atoms with Crippen LogP contribution >= 0.6 is 0 Å². The SMILES string of the molecule is Cc1ccc(N2C[C@@H](C(=O)Nc3ccc(C(C)C)cc3)CC2=O)cc1. The van der Waals surface area contributed by atoms with Crippen molar-refractivity contribution in [3.05, 3.63) is 59.7 Å². The molecule has 2 aromatic rings. The van der Waals surface area contributed by atoms with E-state index in [0.717, 1.165) is 16.9 Å². The predicted molar refractivity (Wildman–Crippen MR) is 101 cm³/mol. The Hall–Kier alpha value is -2.62. The van der Waals surface area contributed by atoms with Crippen LogP contribution in [0.15, 0.2) is 48.5 Å².